The zero-order valence-corrected chi connectivity index (χ0v) is 13.0. The van der Waals surface area contributed by atoms with E-state index in [0.29, 0.717) is 6.04 Å². The largest absolute Gasteiger partial charge is 0.350 e. The Labute approximate surface area is 123 Å². The quantitative estimate of drug-likeness (QED) is 0.878. The summed E-state index contributed by atoms with van der Waals surface area (Å²) in [6.07, 6.45) is 9.20. The number of nitrogens with zero attached hydrogens (tertiary/aromatic N) is 2. The van der Waals surface area contributed by atoms with E-state index in [2.05, 4.69) is 69.2 Å². The second kappa shape index (κ2) is 6.87. The van der Waals surface area contributed by atoms with Gasteiger partial charge >= 0.3 is 0 Å². The van der Waals surface area contributed by atoms with Crippen molar-refractivity contribution in [3.8, 4) is 0 Å². The summed E-state index contributed by atoms with van der Waals surface area (Å²) in [5.41, 5.74) is 2.53. The van der Waals surface area contributed by atoms with E-state index in [1.54, 1.807) is 6.20 Å². The van der Waals surface area contributed by atoms with Crippen molar-refractivity contribution in [1.29, 1.82) is 0 Å². The van der Waals surface area contributed by atoms with E-state index < -0.39 is 0 Å². The van der Waals surface area contributed by atoms with Crippen molar-refractivity contribution in [2.45, 2.75) is 32.9 Å². The number of aromatic nitrogens is 2. The molecule has 2 aromatic heterocycles. The predicted molar refractivity (Wildman–Crippen MR) is 82.2 cm³/mol. The third-order valence-electron chi connectivity index (χ3n) is 3.10. The molecule has 0 aromatic carbocycles. The molecule has 2 heterocycles. The van der Waals surface area contributed by atoms with Crippen LogP contribution in [0.4, 0.5) is 0 Å². The summed E-state index contributed by atoms with van der Waals surface area (Å²) in [6.45, 7) is 6.30. The minimum Gasteiger partial charge on any atom is -0.350 e. The van der Waals surface area contributed by atoms with Gasteiger partial charge in [0.25, 0.3) is 0 Å². The number of hydrogen-bond acceptors (Lipinski definition) is 2. The van der Waals surface area contributed by atoms with Gasteiger partial charge in [0.2, 0.25) is 0 Å². The second-order valence-corrected chi connectivity index (χ2v) is 5.72. The Morgan fingerprint density at radius 1 is 1.42 bits per heavy atom. The maximum absolute atomic E-state index is 4.19. The highest BCUT2D eigenvalue weighted by molar-refractivity contribution is 9.10. The average Bonchev–Trinajstić information content (AvgIpc) is 2.84. The van der Waals surface area contributed by atoms with Crippen LogP contribution in [-0.2, 0) is 6.54 Å². The van der Waals surface area contributed by atoms with Gasteiger partial charge in [-0.2, -0.15) is 0 Å². The summed E-state index contributed by atoms with van der Waals surface area (Å²) in [5.74, 6) is 0. The van der Waals surface area contributed by atoms with E-state index in [4.69, 9.17) is 0 Å². The Balaban J connectivity index is 2.01. The van der Waals surface area contributed by atoms with Gasteiger partial charge in [0.15, 0.2) is 0 Å². The summed E-state index contributed by atoms with van der Waals surface area (Å²) in [5, 5.41) is 3.50. The molecule has 102 valence electrons. The van der Waals surface area contributed by atoms with Crippen LogP contribution in [0.5, 0.6) is 0 Å². The first-order valence-corrected chi connectivity index (χ1v) is 7.47. The van der Waals surface area contributed by atoms with Crippen molar-refractivity contribution >= 4 is 15.9 Å². The zero-order chi connectivity index (χ0) is 13.7. The molecule has 0 saturated heterocycles. The highest BCUT2D eigenvalue weighted by Crippen LogP contribution is 2.15. The molecule has 0 fully saturated rings. The molecule has 0 aliphatic heterocycles. The molecule has 0 saturated carbocycles. The minimum absolute atomic E-state index is 0.404. The van der Waals surface area contributed by atoms with Gasteiger partial charge in [0.05, 0.1) is 0 Å². The molecule has 1 unspecified atom stereocenters. The van der Waals surface area contributed by atoms with Crippen molar-refractivity contribution in [3.63, 3.8) is 0 Å². The second-order valence-electron chi connectivity index (χ2n) is 4.80. The first kappa shape index (κ1) is 14.3. The van der Waals surface area contributed by atoms with E-state index in [1.807, 2.05) is 6.20 Å². The topological polar surface area (TPSA) is 29.9 Å². The van der Waals surface area contributed by atoms with Crippen molar-refractivity contribution in [2.75, 3.05) is 6.54 Å². The first-order valence-electron chi connectivity index (χ1n) is 6.67. The fraction of sp³-hybridized carbons (Fsp3) is 0.400. The van der Waals surface area contributed by atoms with Gasteiger partial charge in [-0.25, -0.2) is 0 Å². The highest BCUT2D eigenvalue weighted by Gasteiger charge is 2.06. The van der Waals surface area contributed by atoms with E-state index in [0.717, 1.165) is 24.0 Å². The molecule has 0 amide bonds. The van der Waals surface area contributed by atoms with E-state index >= 15 is 0 Å². The van der Waals surface area contributed by atoms with E-state index in [1.165, 1.54) is 11.1 Å². The molecule has 1 N–H and O–H groups in total. The molecule has 0 spiro atoms. The fourth-order valence-electron chi connectivity index (χ4n) is 2.05. The zero-order valence-electron chi connectivity index (χ0n) is 11.4. The van der Waals surface area contributed by atoms with Crippen LogP contribution in [0.2, 0.25) is 0 Å². The highest BCUT2D eigenvalue weighted by atomic mass is 79.9. The molecule has 2 aromatic rings. The van der Waals surface area contributed by atoms with Gasteiger partial charge in [-0.05, 0) is 59.1 Å². The third kappa shape index (κ3) is 4.18. The summed E-state index contributed by atoms with van der Waals surface area (Å²) >= 11 is 3.45. The Hall–Kier alpha value is -1.13. The molecular weight excluding hydrogens is 302 g/mol. The Morgan fingerprint density at radius 2 is 2.26 bits per heavy atom. The Bertz CT molecular complexity index is 522. The van der Waals surface area contributed by atoms with Crippen molar-refractivity contribution < 1.29 is 0 Å². The van der Waals surface area contributed by atoms with Crippen LogP contribution in [0.15, 0.2) is 41.4 Å². The molecule has 0 aliphatic carbocycles. The van der Waals surface area contributed by atoms with Crippen LogP contribution in [0.25, 0.3) is 0 Å². The SMILES string of the molecule is CCCNC(C)c1ccn(Cc2cncc(Br)c2)c1. The standard InChI is InChI=1S/C15H20BrN3/c1-3-5-18-12(2)14-4-6-19(11-14)10-13-7-15(16)9-17-8-13/h4,6-9,11-12,18H,3,5,10H2,1-2H3. The molecular formula is C15H20BrN3. The first-order chi connectivity index (χ1) is 9.19. The van der Waals surface area contributed by atoms with Crippen LogP contribution >= 0.6 is 15.9 Å². The van der Waals surface area contributed by atoms with Crippen LogP contribution in [0.1, 0.15) is 37.4 Å². The molecule has 4 heteroatoms. The molecule has 2 rings (SSSR count). The monoisotopic (exact) mass is 321 g/mol. The third-order valence-corrected chi connectivity index (χ3v) is 3.53. The molecule has 19 heavy (non-hydrogen) atoms. The van der Waals surface area contributed by atoms with Crippen molar-refractivity contribution in [3.05, 3.63) is 52.5 Å². The summed E-state index contributed by atoms with van der Waals surface area (Å²) in [7, 11) is 0. The maximum atomic E-state index is 4.19. The van der Waals surface area contributed by atoms with Gasteiger partial charge in [-0.1, -0.05) is 6.92 Å². The predicted octanol–water partition coefficient (Wildman–Crippen LogP) is 3.75. The van der Waals surface area contributed by atoms with Crippen LogP contribution in [-0.4, -0.2) is 16.1 Å². The maximum Gasteiger partial charge on any atom is 0.0485 e. The minimum atomic E-state index is 0.404. The number of nitrogens with one attached hydrogen (secondary N) is 1. The van der Waals surface area contributed by atoms with Gasteiger partial charge in [0, 0.05) is 41.8 Å². The fourth-order valence-corrected chi connectivity index (χ4v) is 2.46. The summed E-state index contributed by atoms with van der Waals surface area (Å²) in [4.78, 5) is 4.19. The Kier molecular flexibility index (Phi) is 5.16. The number of rotatable bonds is 6. The molecule has 0 aliphatic rings. The van der Waals surface area contributed by atoms with E-state index in [9.17, 15) is 0 Å². The van der Waals surface area contributed by atoms with Crippen LogP contribution < -0.4 is 5.32 Å². The summed E-state index contributed by atoms with van der Waals surface area (Å²) < 4.78 is 3.22. The summed E-state index contributed by atoms with van der Waals surface area (Å²) in [6, 6.07) is 4.69. The van der Waals surface area contributed by atoms with Gasteiger partial charge in [-0.3, -0.25) is 4.98 Å². The van der Waals surface area contributed by atoms with Gasteiger partial charge in [0.1, 0.15) is 0 Å². The number of pyridine rings is 1. The smallest absolute Gasteiger partial charge is 0.0485 e. The van der Waals surface area contributed by atoms with E-state index in [-0.39, 0.29) is 0 Å². The molecule has 0 bridgehead atoms. The van der Waals surface area contributed by atoms with Gasteiger partial charge in [-0.15, -0.1) is 0 Å². The normalized spacial score (nSPS) is 12.6. The van der Waals surface area contributed by atoms with Gasteiger partial charge < -0.3 is 9.88 Å². The number of hydrogen-bond donors (Lipinski definition) is 1. The molecule has 1 atom stereocenters. The average molecular weight is 322 g/mol. The lowest BCUT2D eigenvalue weighted by molar-refractivity contribution is 0.569. The van der Waals surface area contributed by atoms with Crippen LogP contribution in [0, 0.1) is 0 Å². The van der Waals surface area contributed by atoms with Crippen LogP contribution in [0.3, 0.4) is 0 Å². The van der Waals surface area contributed by atoms with Crippen molar-refractivity contribution in [2.24, 2.45) is 0 Å². The van der Waals surface area contributed by atoms with Crippen molar-refractivity contribution in [1.82, 2.24) is 14.9 Å². The molecule has 3 nitrogen and oxygen atoms in total. The lowest BCUT2D eigenvalue weighted by Crippen LogP contribution is -2.18. The lowest BCUT2D eigenvalue weighted by Gasteiger charge is -2.11. The Morgan fingerprint density at radius 3 is 3.00 bits per heavy atom. The number of halogens is 1. The molecule has 0 radical (unpaired) electrons. The lowest BCUT2D eigenvalue weighted by atomic mass is 10.2.